The second-order valence-corrected chi connectivity index (χ2v) is 4.17. The van der Waals surface area contributed by atoms with Crippen LogP contribution in [0, 0.1) is 0 Å². The van der Waals surface area contributed by atoms with Crippen molar-refractivity contribution in [2.75, 3.05) is 6.54 Å². The predicted molar refractivity (Wildman–Crippen MR) is 57.5 cm³/mol. The summed E-state index contributed by atoms with van der Waals surface area (Å²) in [7, 11) is -4.19. The van der Waals surface area contributed by atoms with E-state index in [1.54, 1.807) is 12.1 Å². The second kappa shape index (κ2) is 4.90. The van der Waals surface area contributed by atoms with Crippen molar-refractivity contribution in [3.63, 3.8) is 0 Å². The molecule has 0 radical (unpaired) electrons. The zero-order chi connectivity index (χ0) is 11.3. The number of benzene rings is 1. The van der Waals surface area contributed by atoms with Crippen molar-refractivity contribution in [3.05, 3.63) is 29.8 Å². The number of nitrogens with zero attached hydrogens (tertiary/aromatic N) is 1. The molecule has 0 amide bonds. The smallest absolute Gasteiger partial charge is 0.295 e. The fourth-order valence-corrected chi connectivity index (χ4v) is 1.70. The van der Waals surface area contributed by atoms with Gasteiger partial charge in [0, 0.05) is 12.1 Å². The first-order chi connectivity index (χ1) is 7.05. The first-order valence-electron chi connectivity index (χ1n) is 4.38. The summed E-state index contributed by atoms with van der Waals surface area (Å²) in [6.45, 7) is 2.51. The molecule has 82 valence electrons. The van der Waals surface area contributed by atoms with Gasteiger partial charge >= 0.3 is 0 Å². The average Bonchev–Trinajstić information content (AvgIpc) is 2.17. The third-order valence-electron chi connectivity index (χ3n) is 1.65. The molecule has 0 aliphatic carbocycles. The van der Waals surface area contributed by atoms with E-state index >= 15 is 0 Å². The van der Waals surface area contributed by atoms with E-state index < -0.39 is 10.1 Å². The first kappa shape index (κ1) is 11.7. The minimum atomic E-state index is -4.19. The average molecular weight is 228 g/mol. The molecule has 5 nitrogen and oxygen atoms in total. The fourth-order valence-electron chi connectivity index (χ4n) is 1.03. The molecule has 2 N–H and O–H groups in total. The van der Waals surface area contributed by atoms with E-state index in [0.29, 0.717) is 12.1 Å². The Labute approximate surface area is 88.6 Å². The molecule has 0 aliphatic rings. The maximum atomic E-state index is 11.0. The van der Waals surface area contributed by atoms with Crippen LogP contribution in [0.2, 0.25) is 0 Å². The van der Waals surface area contributed by atoms with Crippen molar-refractivity contribution >= 4 is 16.3 Å². The summed E-state index contributed by atoms with van der Waals surface area (Å²) in [5.41, 5.74) is 3.02. The summed E-state index contributed by atoms with van der Waals surface area (Å²) in [6.07, 6.45) is 1.35. The van der Waals surface area contributed by atoms with Gasteiger partial charge in [0.15, 0.2) is 0 Å². The van der Waals surface area contributed by atoms with Crippen LogP contribution in [0.5, 0.6) is 0 Å². The molecule has 0 bridgehead atoms. The normalized spacial score (nSPS) is 11.9. The van der Waals surface area contributed by atoms with Gasteiger partial charge in [0.2, 0.25) is 0 Å². The third kappa shape index (κ3) is 3.34. The van der Waals surface area contributed by atoms with E-state index in [-0.39, 0.29) is 4.90 Å². The van der Waals surface area contributed by atoms with Crippen LogP contribution in [0.4, 0.5) is 0 Å². The van der Waals surface area contributed by atoms with Gasteiger partial charge in [-0.2, -0.15) is 13.5 Å². The number of hydrogen-bond donors (Lipinski definition) is 2. The van der Waals surface area contributed by atoms with Crippen LogP contribution in [0.1, 0.15) is 12.5 Å². The van der Waals surface area contributed by atoms with E-state index in [1.165, 1.54) is 18.3 Å². The topological polar surface area (TPSA) is 78.8 Å². The van der Waals surface area contributed by atoms with Gasteiger partial charge in [0.25, 0.3) is 10.1 Å². The Morgan fingerprint density at radius 2 is 2.13 bits per heavy atom. The summed E-state index contributed by atoms with van der Waals surface area (Å²) in [4.78, 5) is -0.147. The largest absolute Gasteiger partial charge is 0.310 e. The van der Waals surface area contributed by atoms with Crippen molar-refractivity contribution in [2.24, 2.45) is 5.10 Å². The lowest BCUT2D eigenvalue weighted by Gasteiger charge is -2.01. The summed E-state index contributed by atoms with van der Waals surface area (Å²) >= 11 is 0. The third-order valence-corrected chi connectivity index (χ3v) is 2.58. The van der Waals surface area contributed by atoms with Crippen molar-refractivity contribution < 1.29 is 13.0 Å². The molecule has 0 saturated carbocycles. The van der Waals surface area contributed by atoms with Crippen molar-refractivity contribution in [2.45, 2.75) is 11.8 Å². The molecule has 0 fully saturated rings. The van der Waals surface area contributed by atoms with E-state index in [0.717, 1.165) is 0 Å². The zero-order valence-electron chi connectivity index (χ0n) is 8.21. The minimum Gasteiger partial charge on any atom is -0.310 e. The molecule has 1 rings (SSSR count). The van der Waals surface area contributed by atoms with Gasteiger partial charge in [0.1, 0.15) is 4.90 Å². The molecule has 1 aromatic carbocycles. The monoisotopic (exact) mass is 228 g/mol. The molecule has 6 heteroatoms. The molecular weight excluding hydrogens is 216 g/mol. The Kier molecular flexibility index (Phi) is 3.81. The molecule has 0 aliphatic heterocycles. The first-order valence-corrected chi connectivity index (χ1v) is 5.82. The summed E-state index contributed by atoms with van der Waals surface area (Å²) in [6, 6.07) is 6.09. The predicted octanol–water partition coefficient (Wildman–Crippen LogP) is 0.877. The van der Waals surface area contributed by atoms with Crippen molar-refractivity contribution in [1.29, 1.82) is 0 Å². The zero-order valence-corrected chi connectivity index (χ0v) is 9.03. The van der Waals surface area contributed by atoms with Gasteiger partial charge in [-0.25, -0.2) is 0 Å². The second-order valence-electron chi connectivity index (χ2n) is 2.78. The SMILES string of the molecule is CCN/N=C\c1ccccc1S(=O)(=O)O. The molecule has 0 atom stereocenters. The lowest BCUT2D eigenvalue weighted by Crippen LogP contribution is -2.06. The highest BCUT2D eigenvalue weighted by Gasteiger charge is 2.12. The Bertz CT molecular complexity index is 454. The molecule has 0 saturated heterocycles. The van der Waals surface area contributed by atoms with Crippen LogP contribution in [0.25, 0.3) is 0 Å². The fraction of sp³-hybridized carbons (Fsp3) is 0.222. The minimum absolute atomic E-state index is 0.147. The highest BCUT2D eigenvalue weighted by atomic mass is 32.2. The number of nitrogens with one attached hydrogen (secondary N) is 1. The van der Waals surface area contributed by atoms with Crippen LogP contribution in [0.15, 0.2) is 34.3 Å². The Morgan fingerprint density at radius 3 is 2.73 bits per heavy atom. The standard InChI is InChI=1S/C9H12N2O3S/c1-2-10-11-7-8-5-3-4-6-9(8)15(12,13)14/h3-7,10H,2H2,1H3,(H,12,13,14)/b11-7-. The molecule has 0 spiro atoms. The maximum absolute atomic E-state index is 11.0. The van der Waals surface area contributed by atoms with Crippen LogP contribution in [-0.2, 0) is 10.1 Å². The molecule has 0 aromatic heterocycles. The number of rotatable bonds is 4. The molecular formula is C9H12N2O3S. The van der Waals surface area contributed by atoms with Gasteiger partial charge in [-0.1, -0.05) is 18.2 Å². The molecule has 0 unspecified atom stereocenters. The summed E-state index contributed by atoms with van der Waals surface area (Å²) < 4.78 is 30.8. The molecule has 0 heterocycles. The Morgan fingerprint density at radius 1 is 1.47 bits per heavy atom. The summed E-state index contributed by atoms with van der Waals surface area (Å²) in [5, 5.41) is 3.78. The highest BCUT2D eigenvalue weighted by molar-refractivity contribution is 7.86. The van der Waals surface area contributed by atoms with E-state index in [9.17, 15) is 8.42 Å². The maximum Gasteiger partial charge on any atom is 0.295 e. The van der Waals surface area contributed by atoms with E-state index in [4.69, 9.17) is 4.55 Å². The van der Waals surface area contributed by atoms with Crippen LogP contribution < -0.4 is 5.43 Å². The van der Waals surface area contributed by atoms with Gasteiger partial charge in [-0.3, -0.25) is 4.55 Å². The Balaban J connectivity index is 3.08. The van der Waals surface area contributed by atoms with Crippen molar-refractivity contribution in [1.82, 2.24) is 5.43 Å². The highest BCUT2D eigenvalue weighted by Crippen LogP contribution is 2.12. The van der Waals surface area contributed by atoms with Crippen LogP contribution >= 0.6 is 0 Å². The van der Waals surface area contributed by atoms with Crippen LogP contribution in [-0.4, -0.2) is 25.7 Å². The van der Waals surface area contributed by atoms with Gasteiger partial charge in [-0.15, -0.1) is 0 Å². The van der Waals surface area contributed by atoms with E-state index in [1.807, 2.05) is 6.92 Å². The van der Waals surface area contributed by atoms with Gasteiger partial charge < -0.3 is 5.43 Å². The van der Waals surface area contributed by atoms with Gasteiger partial charge in [0.05, 0.1) is 6.21 Å². The quantitative estimate of drug-likeness (QED) is 0.455. The Hall–Kier alpha value is -1.40. The lowest BCUT2D eigenvalue weighted by molar-refractivity contribution is 0.483. The number of hydrazone groups is 1. The molecule has 1 aromatic rings. The lowest BCUT2D eigenvalue weighted by atomic mass is 10.2. The van der Waals surface area contributed by atoms with Crippen LogP contribution in [0.3, 0.4) is 0 Å². The van der Waals surface area contributed by atoms with Gasteiger partial charge in [-0.05, 0) is 13.0 Å². The number of hydrogen-bond acceptors (Lipinski definition) is 4. The molecule has 15 heavy (non-hydrogen) atoms. The van der Waals surface area contributed by atoms with E-state index in [2.05, 4.69) is 10.5 Å². The summed E-state index contributed by atoms with van der Waals surface area (Å²) in [5.74, 6) is 0. The van der Waals surface area contributed by atoms with Crippen molar-refractivity contribution in [3.8, 4) is 0 Å².